The smallest absolute Gasteiger partial charge is 0.225 e. The quantitative estimate of drug-likeness (QED) is 0.517. The summed E-state index contributed by atoms with van der Waals surface area (Å²) in [5, 5.41) is 6.81. The van der Waals surface area contributed by atoms with Crippen molar-refractivity contribution in [3.05, 3.63) is 23.9 Å². The van der Waals surface area contributed by atoms with Crippen LogP contribution in [0.25, 0.3) is 0 Å². The van der Waals surface area contributed by atoms with Crippen molar-refractivity contribution in [2.45, 2.75) is 65.0 Å². The molecule has 0 bridgehead atoms. The minimum absolute atomic E-state index is 0.251. The predicted octanol–water partition coefficient (Wildman–Crippen LogP) is 2.72. The molecule has 1 unspecified atom stereocenters. The Hall–Kier alpha value is -2.31. The number of amides is 1. The molecule has 0 aromatic carbocycles. The number of ether oxygens (including phenoxy) is 1. The Morgan fingerprint density at radius 2 is 2.10 bits per heavy atom. The molecule has 0 spiro atoms. The van der Waals surface area contributed by atoms with Crippen LogP contribution >= 0.6 is 0 Å². The fourth-order valence-corrected chi connectivity index (χ4v) is 3.99. The van der Waals surface area contributed by atoms with Crippen LogP contribution < -0.4 is 15.4 Å². The van der Waals surface area contributed by atoms with E-state index in [-0.39, 0.29) is 12.0 Å². The number of hydrogen-bond donors (Lipinski definition) is 2. The van der Waals surface area contributed by atoms with E-state index < -0.39 is 0 Å². The summed E-state index contributed by atoms with van der Waals surface area (Å²) in [7, 11) is 0. The van der Waals surface area contributed by atoms with Gasteiger partial charge in [0.05, 0.1) is 13.2 Å². The lowest BCUT2D eigenvalue weighted by molar-refractivity contribution is -0.134. The third-order valence-corrected chi connectivity index (χ3v) is 5.56. The molecule has 1 atom stereocenters. The number of likely N-dealkylation sites (tertiary alicyclic amines) is 1. The van der Waals surface area contributed by atoms with Gasteiger partial charge in [-0.05, 0) is 38.2 Å². The molecule has 7 heteroatoms. The molecule has 1 aliphatic carbocycles. The van der Waals surface area contributed by atoms with E-state index in [9.17, 15) is 4.79 Å². The lowest BCUT2D eigenvalue weighted by Gasteiger charge is -2.21. The van der Waals surface area contributed by atoms with E-state index in [1.807, 2.05) is 23.2 Å². The van der Waals surface area contributed by atoms with E-state index in [1.54, 1.807) is 0 Å². The van der Waals surface area contributed by atoms with Gasteiger partial charge >= 0.3 is 0 Å². The van der Waals surface area contributed by atoms with E-state index in [0.29, 0.717) is 24.9 Å². The molecule has 1 aliphatic heterocycles. The highest BCUT2D eigenvalue weighted by Crippen LogP contribution is 2.27. The van der Waals surface area contributed by atoms with Crippen molar-refractivity contribution in [3.63, 3.8) is 0 Å². The minimum atomic E-state index is 0.251. The van der Waals surface area contributed by atoms with Gasteiger partial charge in [0.25, 0.3) is 0 Å². The van der Waals surface area contributed by atoms with Gasteiger partial charge in [-0.3, -0.25) is 4.79 Å². The summed E-state index contributed by atoms with van der Waals surface area (Å²) in [4.78, 5) is 23.7. The van der Waals surface area contributed by atoms with E-state index in [1.165, 1.54) is 12.8 Å². The molecule has 2 heterocycles. The van der Waals surface area contributed by atoms with Crippen LogP contribution in [0.4, 0.5) is 0 Å². The maximum absolute atomic E-state index is 12.6. The minimum Gasteiger partial charge on any atom is -0.478 e. The summed E-state index contributed by atoms with van der Waals surface area (Å²) in [6, 6.07) is 4.15. The maximum Gasteiger partial charge on any atom is 0.225 e. The van der Waals surface area contributed by atoms with Gasteiger partial charge in [0.2, 0.25) is 11.8 Å². The third-order valence-electron chi connectivity index (χ3n) is 5.56. The first-order chi connectivity index (χ1) is 14.2. The summed E-state index contributed by atoms with van der Waals surface area (Å²) < 4.78 is 5.53. The first-order valence-corrected chi connectivity index (χ1v) is 11.1. The lowest BCUT2D eigenvalue weighted by Crippen LogP contribution is -2.45. The zero-order valence-corrected chi connectivity index (χ0v) is 17.8. The first kappa shape index (κ1) is 21.4. The SMILES string of the molecule is CCCOc1ccc(CN=C(NCC)NC2CCN(C(=O)C3CCCC3)C2)cn1. The number of aliphatic imine (C=N–C) groups is 1. The van der Waals surface area contributed by atoms with Gasteiger partial charge in [-0.2, -0.15) is 0 Å². The van der Waals surface area contributed by atoms with Gasteiger partial charge in [-0.15, -0.1) is 0 Å². The van der Waals surface area contributed by atoms with E-state index >= 15 is 0 Å². The Labute approximate surface area is 174 Å². The fraction of sp³-hybridized carbons (Fsp3) is 0.682. The largest absolute Gasteiger partial charge is 0.478 e. The average molecular weight is 402 g/mol. The molecular weight excluding hydrogens is 366 g/mol. The third kappa shape index (κ3) is 6.34. The van der Waals surface area contributed by atoms with Gasteiger partial charge in [0, 0.05) is 43.9 Å². The summed E-state index contributed by atoms with van der Waals surface area (Å²) in [5.74, 6) is 2.05. The maximum atomic E-state index is 12.6. The summed E-state index contributed by atoms with van der Waals surface area (Å²) in [6.07, 6.45) is 8.27. The van der Waals surface area contributed by atoms with Crippen molar-refractivity contribution in [2.75, 3.05) is 26.2 Å². The second kappa shape index (κ2) is 11.0. The van der Waals surface area contributed by atoms with Crippen LogP contribution in [0.1, 0.15) is 57.9 Å². The van der Waals surface area contributed by atoms with Crippen molar-refractivity contribution < 1.29 is 9.53 Å². The van der Waals surface area contributed by atoms with Crippen LogP contribution in [0.3, 0.4) is 0 Å². The molecule has 29 heavy (non-hydrogen) atoms. The monoisotopic (exact) mass is 401 g/mol. The molecule has 1 saturated carbocycles. The topological polar surface area (TPSA) is 78.9 Å². The number of guanidine groups is 1. The molecule has 1 amide bonds. The number of hydrogen-bond acceptors (Lipinski definition) is 4. The highest BCUT2D eigenvalue weighted by atomic mass is 16.5. The molecule has 1 aromatic rings. The number of nitrogens with one attached hydrogen (secondary N) is 2. The molecule has 7 nitrogen and oxygen atoms in total. The predicted molar refractivity (Wildman–Crippen MR) is 115 cm³/mol. The van der Waals surface area contributed by atoms with E-state index in [4.69, 9.17) is 9.73 Å². The Morgan fingerprint density at radius 3 is 2.79 bits per heavy atom. The molecule has 2 fully saturated rings. The standard InChI is InChI=1S/C22H35N5O2/c1-3-13-29-20-10-9-17(14-24-20)15-25-22(23-4-2)26-19-11-12-27(16-19)21(28)18-7-5-6-8-18/h9-10,14,18-19H,3-8,11-13,15-16H2,1-2H3,(H2,23,25,26). The summed E-state index contributed by atoms with van der Waals surface area (Å²) >= 11 is 0. The van der Waals surface area contributed by atoms with Gasteiger partial charge in [0.15, 0.2) is 5.96 Å². The second-order valence-corrected chi connectivity index (χ2v) is 7.94. The molecule has 160 valence electrons. The number of rotatable bonds is 8. The molecule has 1 saturated heterocycles. The van der Waals surface area contributed by atoms with Crippen LogP contribution in [0.2, 0.25) is 0 Å². The van der Waals surface area contributed by atoms with Crippen LogP contribution in [0.15, 0.2) is 23.3 Å². The zero-order chi connectivity index (χ0) is 20.5. The molecular formula is C22H35N5O2. The van der Waals surface area contributed by atoms with Gasteiger partial charge in [0.1, 0.15) is 0 Å². The normalized spacial score (nSPS) is 20.1. The van der Waals surface area contributed by atoms with Crippen LogP contribution in [-0.2, 0) is 11.3 Å². The lowest BCUT2D eigenvalue weighted by atomic mass is 10.1. The van der Waals surface area contributed by atoms with Crippen LogP contribution in [0.5, 0.6) is 5.88 Å². The summed E-state index contributed by atoms with van der Waals surface area (Å²) in [5.41, 5.74) is 1.04. The second-order valence-electron chi connectivity index (χ2n) is 7.94. The van der Waals surface area contributed by atoms with Crippen LogP contribution in [-0.4, -0.2) is 54.0 Å². The Kier molecular flexibility index (Phi) is 8.14. The molecule has 0 radical (unpaired) electrons. The Bertz CT molecular complexity index is 670. The highest BCUT2D eigenvalue weighted by molar-refractivity contribution is 5.81. The van der Waals surface area contributed by atoms with Crippen molar-refractivity contribution in [1.82, 2.24) is 20.5 Å². The number of pyridine rings is 1. The highest BCUT2D eigenvalue weighted by Gasteiger charge is 2.32. The average Bonchev–Trinajstić information content (AvgIpc) is 3.43. The summed E-state index contributed by atoms with van der Waals surface area (Å²) in [6.45, 7) is 7.77. The molecule has 1 aromatic heterocycles. The van der Waals surface area contributed by atoms with E-state index in [2.05, 4.69) is 29.5 Å². The fourth-order valence-electron chi connectivity index (χ4n) is 3.99. The van der Waals surface area contributed by atoms with E-state index in [0.717, 1.165) is 56.8 Å². The Morgan fingerprint density at radius 1 is 1.28 bits per heavy atom. The number of carbonyl (C=O) groups is 1. The zero-order valence-electron chi connectivity index (χ0n) is 17.8. The van der Waals surface area contributed by atoms with Gasteiger partial charge < -0.3 is 20.3 Å². The number of nitrogens with zero attached hydrogens (tertiary/aromatic N) is 3. The van der Waals surface area contributed by atoms with Crippen LogP contribution in [0, 0.1) is 5.92 Å². The first-order valence-electron chi connectivity index (χ1n) is 11.1. The Balaban J connectivity index is 1.51. The van der Waals surface area contributed by atoms with Crippen molar-refractivity contribution >= 4 is 11.9 Å². The number of carbonyl (C=O) groups excluding carboxylic acids is 1. The van der Waals surface area contributed by atoms with Crippen molar-refractivity contribution in [1.29, 1.82) is 0 Å². The van der Waals surface area contributed by atoms with Gasteiger partial charge in [-0.25, -0.2) is 9.98 Å². The molecule has 3 rings (SSSR count). The van der Waals surface area contributed by atoms with Gasteiger partial charge in [-0.1, -0.05) is 25.8 Å². The van der Waals surface area contributed by atoms with Crippen molar-refractivity contribution in [2.24, 2.45) is 10.9 Å². The van der Waals surface area contributed by atoms with Crippen molar-refractivity contribution in [3.8, 4) is 5.88 Å². The number of aromatic nitrogens is 1. The molecule has 2 aliphatic rings. The molecule has 2 N–H and O–H groups in total.